The Morgan fingerprint density at radius 2 is 1.96 bits per heavy atom. The predicted molar refractivity (Wildman–Crippen MR) is 98.2 cm³/mol. The molecule has 0 unspecified atom stereocenters. The molecule has 0 atom stereocenters. The molecule has 0 spiro atoms. The SMILES string of the molecule is Cc1cccnc1-c1nc(N2CCC(NS(C)(=O)=O)CC2)ncc1Cl. The highest BCUT2D eigenvalue weighted by atomic mass is 35.5. The maximum absolute atomic E-state index is 11.4. The third kappa shape index (κ3) is 4.45. The van der Waals surface area contributed by atoms with E-state index in [-0.39, 0.29) is 6.04 Å². The van der Waals surface area contributed by atoms with Gasteiger partial charge in [0, 0.05) is 25.3 Å². The molecule has 134 valence electrons. The molecule has 1 N–H and O–H groups in total. The second-order valence-corrected chi connectivity index (χ2v) is 8.37. The molecule has 0 bridgehead atoms. The number of hydrogen-bond donors (Lipinski definition) is 1. The third-order valence-corrected chi connectivity index (χ3v) is 5.16. The fourth-order valence-electron chi connectivity index (χ4n) is 2.91. The van der Waals surface area contributed by atoms with Crippen molar-refractivity contribution >= 4 is 27.6 Å². The lowest BCUT2D eigenvalue weighted by molar-refractivity contribution is 0.458. The van der Waals surface area contributed by atoms with Gasteiger partial charge in [-0.25, -0.2) is 23.1 Å². The second kappa shape index (κ2) is 7.23. The number of sulfonamides is 1. The number of aryl methyl sites for hydroxylation is 1. The van der Waals surface area contributed by atoms with Gasteiger partial charge >= 0.3 is 0 Å². The maximum Gasteiger partial charge on any atom is 0.226 e. The topological polar surface area (TPSA) is 88.1 Å². The zero-order chi connectivity index (χ0) is 18.0. The second-order valence-electron chi connectivity index (χ2n) is 6.19. The highest BCUT2D eigenvalue weighted by molar-refractivity contribution is 7.88. The molecule has 25 heavy (non-hydrogen) atoms. The summed E-state index contributed by atoms with van der Waals surface area (Å²) < 4.78 is 25.4. The van der Waals surface area contributed by atoms with Crippen molar-refractivity contribution in [2.45, 2.75) is 25.8 Å². The first kappa shape index (κ1) is 18.0. The molecule has 0 aromatic carbocycles. The van der Waals surface area contributed by atoms with Crippen molar-refractivity contribution in [3.8, 4) is 11.4 Å². The first-order chi connectivity index (χ1) is 11.8. The minimum atomic E-state index is -3.18. The fraction of sp³-hybridized carbons (Fsp3) is 0.438. The minimum Gasteiger partial charge on any atom is -0.341 e. The van der Waals surface area contributed by atoms with Crippen LogP contribution in [0.4, 0.5) is 5.95 Å². The number of hydrogen-bond acceptors (Lipinski definition) is 6. The molecule has 0 amide bonds. The summed E-state index contributed by atoms with van der Waals surface area (Å²) in [5, 5.41) is 0.458. The van der Waals surface area contributed by atoms with Crippen molar-refractivity contribution in [2.24, 2.45) is 0 Å². The normalized spacial score (nSPS) is 16.2. The monoisotopic (exact) mass is 381 g/mol. The average Bonchev–Trinajstić information content (AvgIpc) is 2.55. The van der Waals surface area contributed by atoms with Gasteiger partial charge in [0.25, 0.3) is 0 Å². The van der Waals surface area contributed by atoms with Crippen LogP contribution in [-0.2, 0) is 10.0 Å². The molecule has 3 rings (SSSR count). The van der Waals surface area contributed by atoms with Crippen molar-refractivity contribution in [2.75, 3.05) is 24.2 Å². The van der Waals surface area contributed by atoms with Gasteiger partial charge in [-0.05, 0) is 31.4 Å². The molecule has 2 aromatic heterocycles. The summed E-state index contributed by atoms with van der Waals surface area (Å²) in [6, 6.07) is 3.79. The van der Waals surface area contributed by atoms with Crippen LogP contribution in [-0.4, -0.2) is 48.8 Å². The molecule has 7 nitrogen and oxygen atoms in total. The van der Waals surface area contributed by atoms with Crippen LogP contribution in [0.15, 0.2) is 24.5 Å². The highest BCUT2D eigenvalue weighted by Crippen LogP contribution is 2.28. The van der Waals surface area contributed by atoms with Gasteiger partial charge in [0.2, 0.25) is 16.0 Å². The molecule has 3 heterocycles. The number of anilines is 1. The predicted octanol–water partition coefficient (Wildman–Crippen LogP) is 2.02. The zero-order valence-electron chi connectivity index (χ0n) is 14.1. The lowest BCUT2D eigenvalue weighted by Gasteiger charge is -2.32. The Hall–Kier alpha value is -1.77. The first-order valence-corrected chi connectivity index (χ1v) is 10.3. The standard InChI is InChI=1S/C16H20ClN5O2S/c1-11-4-3-7-18-14(11)15-13(17)10-19-16(20-15)22-8-5-12(6-9-22)21-25(2,23)24/h3-4,7,10,12,21H,5-6,8-9H2,1-2H3. The van der Waals surface area contributed by atoms with Crippen LogP contribution in [0.5, 0.6) is 0 Å². The number of aromatic nitrogens is 3. The van der Waals surface area contributed by atoms with E-state index >= 15 is 0 Å². The quantitative estimate of drug-likeness (QED) is 0.871. The van der Waals surface area contributed by atoms with Gasteiger partial charge in [-0.3, -0.25) is 4.98 Å². The van der Waals surface area contributed by atoms with Crippen molar-refractivity contribution < 1.29 is 8.42 Å². The zero-order valence-corrected chi connectivity index (χ0v) is 15.7. The smallest absolute Gasteiger partial charge is 0.226 e. The molecule has 1 aliphatic heterocycles. The summed E-state index contributed by atoms with van der Waals surface area (Å²) in [5.41, 5.74) is 2.34. The fourth-order valence-corrected chi connectivity index (χ4v) is 3.93. The van der Waals surface area contributed by atoms with Crippen molar-refractivity contribution in [3.05, 3.63) is 35.1 Å². The molecule has 1 fully saturated rings. The van der Waals surface area contributed by atoms with Gasteiger partial charge in [0.1, 0.15) is 5.69 Å². The summed E-state index contributed by atoms with van der Waals surface area (Å²) in [6.45, 7) is 3.31. The Bertz CT molecular complexity index is 867. The first-order valence-electron chi connectivity index (χ1n) is 8.00. The van der Waals surface area contributed by atoms with Crippen LogP contribution in [0.2, 0.25) is 5.02 Å². The lowest BCUT2D eigenvalue weighted by Crippen LogP contribution is -2.44. The van der Waals surface area contributed by atoms with E-state index in [4.69, 9.17) is 11.6 Å². The lowest BCUT2D eigenvalue weighted by atomic mass is 10.1. The Labute approximate surface area is 152 Å². The van der Waals surface area contributed by atoms with Crippen LogP contribution in [0, 0.1) is 6.92 Å². The summed E-state index contributed by atoms with van der Waals surface area (Å²) in [7, 11) is -3.18. The van der Waals surface area contributed by atoms with E-state index in [1.54, 1.807) is 12.4 Å². The Morgan fingerprint density at radius 3 is 2.60 bits per heavy atom. The van der Waals surface area contributed by atoms with E-state index in [2.05, 4.69) is 19.7 Å². The van der Waals surface area contributed by atoms with Gasteiger partial charge in [-0.2, -0.15) is 0 Å². The van der Waals surface area contributed by atoms with Gasteiger partial charge in [-0.1, -0.05) is 17.7 Å². The summed E-state index contributed by atoms with van der Waals surface area (Å²) >= 11 is 6.28. The van der Waals surface area contributed by atoms with E-state index in [1.165, 1.54) is 6.26 Å². The van der Waals surface area contributed by atoms with E-state index in [0.29, 0.717) is 42.6 Å². The largest absolute Gasteiger partial charge is 0.341 e. The highest BCUT2D eigenvalue weighted by Gasteiger charge is 2.24. The van der Waals surface area contributed by atoms with Gasteiger partial charge < -0.3 is 4.90 Å². The van der Waals surface area contributed by atoms with E-state index in [0.717, 1.165) is 11.3 Å². The Kier molecular flexibility index (Phi) is 5.21. The summed E-state index contributed by atoms with van der Waals surface area (Å²) in [6.07, 6.45) is 5.90. The summed E-state index contributed by atoms with van der Waals surface area (Å²) in [5.74, 6) is 0.585. The van der Waals surface area contributed by atoms with Crippen LogP contribution >= 0.6 is 11.6 Å². The number of nitrogens with one attached hydrogen (secondary N) is 1. The van der Waals surface area contributed by atoms with E-state index < -0.39 is 10.0 Å². The van der Waals surface area contributed by atoms with Crippen LogP contribution in [0.3, 0.4) is 0 Å². The molecule has 1 saturated heterocycles. The Balaban J connectivity index is 1.79. The summed E-state index contributed by atoms with van der Waals surface area (Å²) in [4.78, 5) is 15.4. The van der Waals surface area contributed by atoms with Crippen molar-refractivity contribution in [1.29, 1.82) is 0 Å². The molecule has 2 aromatic rings. The van der Waals surface area contributed by atoms with Crippen molar-refractivity contribution in [1.82, 2.24) is 19.7 Å². The van der Waals surface area contributed by atoms with Crippen LogP contribution < -0.4 is 9.62 Å². The average molecular weight is 382 g/mol. The maximum atomic E-state index is 11.4. The molecule has 1 aliphatic rings. The number of piperidine rings is 1. The number of rotatable bonds is 4. The van der Waals surface area contributed by atoms with Crippen LogP contribution in [0.1, 0.15) is 18.4 Å². The molecule has 9 heteroatoms. The van der Waals surface area contributed by atoms with Gasteiger partial charge in [0.05, 0.1) is 23.2 Å². The minimum absolute atomic E-state index is 0.0453. The number of nitrogens with zero attached hydrogens (tertiary/aromatic N) is 4. The molecule has 0 saturated carbocycles. The van der Waals surface area contributed by atoms with E-state index in [1.807, 2.05) is 24.0 Å². The molecule has 0 aliphatic carbocycles. The molecular formula is C16H20ClN5O2S. The molecular weight excluding hydrogens is 362 g/mol. The van der Waals surface area contributed by atoms with Gasteiger partial charge in [-0.15, -0.1) is 0 Å². The third-order valence-electron chi connectivity index (χ3n) is 4.12. The van der Waals surface area contributed by atoms with Crippen molar-refractivity contribution in [3.63, 3.8) is 0 Å². The molecule has 0 radical (unpaired) electrons. The number of halogens is 1. The van der Waals surface area contributed by atoms with E-state index in [9.17, 15) is 8.42 Å². The Morgan fingerprint density at radius 1 is 1.24 bits per heavy atom. The van der Waals surface area contributed by atoms with Gasteiger partial charge in [0.15, 0.2) is 0 Å². The number of pyridine rings is 1. The van der Waals surface area contributed by atoms with Crippen LogP contribution in [0.25, 0.3) is 11.4 Å².